The molecule has 0 saturated carbocycles. The Morgan fingerprint density at radius 3 is 3.00 bits per heavy atom. The summed E-state index contributed by atoms with van der Waals surface area (Å²) in [7, 11) is 0. The third-order valence-electron chi connectivity index (χ3n) is 3.38. The van der Waals surface area contributed by atoms with Gasteiger partial charge in [-0.15, -0.1) is 0 Å². The lowest BCUT2D eigenvalue weighted by atomic mass is 10.1. The first-order chi connectivity index (χ1) is 7.16. The van der Waals surface area contributed by atoms with Crippen LogP contribution in [0.1, 0.15) is 33.1 Å². The van der Waals surface area contributed by atoms with E-state index < -0.39 is 0 Å². The Balaban J connectivity index is 1.85. The molecule has 2 aliphatic heterocycles. The zero-order valence-electron chi connectivity index (χ0n) is 9.53. The minimum atomic E-state index is -0.255. The van der Waals surface area contributed by atoms with Gasteiger partial charge in [0.05, 0.1) is 6.04 Å². The van der Waals surface area contributed by atoms with Gasteiger partial charge in [-0.05, 0) is 39.7 Å². The van der Waals surface area contributed by atoms with Crippen molar-refractivity contribution in [3.05, 3.63) is 0 Å². The molecule has 2 rings (SSSR count). The van der Waals surface area contributed by atoms with Gasteiger partial charge in [-0.3, -0.25) is 4.90 Å². The highest BCUT2D eigenvalue weighted by Crippen LogP contribution is 2.24. The smallest absolute Gasteiger partial charge is 0.407 e. The van der Waals surface area contributed by atoms with E-state index in [4.69, 9.17) is 4.74 Å². The van der Waals surface area contributed by atoms with Gasteiger partial charge in [0, 0.05) is 12.1 Å². The van der Waals surface area contributed by atoms with Crippen molar-refractivity contribution in [1.82, 2.24) is 10.2 Å². The summed E-state index contributed by atoms with van der Waals surface area (Å²) in [5.74, 6) is 0. The normalized spacial score (nSPS) is 32.1. The number of carbonyl (C=O) groups excluding carboxylic acids is 1. The molecule has 0 aromatic rings. The molecule has 0 aliphatic carbocycles. The second-order valence-electron chi connectivity index (χ2n) is 4.80. The summed E-state index contributed by atoms with van der Waals surface area (Å²) in [5.41, 5.74) is 0. The topological polar surface area (TPSA) is 41.6 Å². The number of nitrogens with one attached hydrogen (secondary N) is 1. The molecule has 4 heteroatoms. The molecule has 1 N–H and O–H groups in total. The van der Waals surface area contributed by atoms with Crippen LogP contribution >= 0.6 is 0 Å². The van der Waals surface area contributed by atoms with Crippen molar-refractivity contribution in [2.24, 2.45) is 0 Å². The van der Waals surface area contributed by atoms with E-state index >= 15 is 0 Å². The number of carbonyl (C=O) groups is 1. The van der Waals surface area contributed by atoms with Crippen molar-refractivity contribution in [2.45, 2.75) is 51.2 Å². The first-order valence-electron chi connectivity index (χ1n) is 5.86. The molecule has 4 nitrogen and oxygen atoms in total. The van der Waals surface area contributed by atoms with Crippen molar-refractivity contribution in [1.29, 1.82) is 0 Å². The summed E-state index contributed by atoms with van der Waals surface area (Å²) in [6, 6.07) is 1.45. The van der Waals surface area contributed by atoms with Gasteiger partial charge >= 0.3 is 6.09 Å². The van der Waals surface area contributed by atoms with Gasteiger partial charge in [0.2, 0.25) is 0 Å². The first kappa shape index (κ1) is 10.7. The van der Waals surface area contributed by atoms with Gasteiger partial charge in [0.1, 0.15) is 6.61 Å². The number of amides is 1. The summed E-state index contributed by atoms with van der Waals surface area (Å²) in [5, 5.41) is 2.85. The largest absolute Gasteiger partial charge is 0.447 e. The number of cyclic esters (lactones) is 1. The van der Waals surface area contributed by atoms with Crippen LogP contribution in [0, 0.1) is 0 Å². The van der Waals surface area contributed by atoms with Crippen LogP contribution < -0.4 is 5.32 Å². The number of likely N-dealkylation sites (tertiary alicyclic amines) is 1. The van der Waals surface area contributed by atoms with Crippen LogP contribution in [0.5, 0.6) is 0 Å². The Labute approximate surface area is 91.0 Å². The zero-order chi connectivity index (χ0) is 10.8. The third-order valence-corrected chi connectivity index (χ3v) is 3.38. The van der Waals surface area contributed by atoms with E-state index in [1.807, 2.05) is 0 Å². The number of hydrogen-bond acceptors (Lipinski definition) is 3. The summed E-state index contributed by atoms with van der Waals surface area (Å²) in [6.45, 7) is 6.22. The SMILES string of the molecule is CC(C)N1CCCC1CC1COC(=O)N1. The Morgan fingerprint density at radius 2 is 2.40 bits per heavy atom. The fourth-order valence-corrected chi connectivity index (χ4v) is 2.67. The predicted octanol–water partition coefficient (Wildman–Crippen LogP) is 1.36. The maximum atomic E-state index is 10.9. The average molecular weight is 212 g/mol. The Bertz CT molecular complexity index is 243. The number of rotatable bonds is 3. The van der Waals surface area contributed by atoms with Crippen molar-refractivity contribution in [2.75, 3.05) is 13.2 Å². The lowest BCUT2D eigenvalue weighted by Crippen LogP contribution is -2.40. The lowest BCUT2D eigenvalue weighted by Gasteiger charge is -2.29. The average Bonchev–Trinajstić information content (AvgIpc) is 2.75. The molecule has 1 amide bonds. The van der Waals surface area contributed by atoms with Crippen molar-refractivity contribution < 1.29 is 9.53 Å². The molecule has 0 spiro atoms. The monoisotopic (exact) mass is 212 g/mol. The molecule has 0 radical (unpaired) electrons. The molecular formula is C11H20N2O2. The summed E-state index contributed by atoms with van der Waals surface area (Å²) >= 11 is 0. The van der Waals surface area contributed by atoms with E-state index in [0.717, 1.165) is 6.42 Å². The van der Waals surface area contributed by atoms with Crippen LogP contribution in [-0.4, -0.2) is 42.3 Å². The van der Waals surface area contributed by atoms with Gasteiger partial charge < -0.3 is 10.1 Å². The minimum Gasteiger partial charge on any atom is -0.447 e. The second-order valence-corrected chi connectivity index (χ2v) is 4.80. The lowest BCUT2D eigenvalue weighted by molar-refractivity contribution is 0.168. The van der Waals surface area contributed by atoms with Crippen LogP contribution in [0.4, 0.5) is 4.79 Å². The summed E-state index contributed by atoms with van der Waals surface area (Å²) < 4.78 is 4.90. The number of nitrogens with zero attached hydrogens (tertiary/aromatic N) is 1. The van der Waals surface area contributed by atoms with E-state index in [0.29, 0.717) is 18.7 Å². The van der Waals surface area contributed by atoms with Crippen LogP contribution in [-0.2, 0) is 4.74 Å². The van der Waals surface area contributed by atoms with Gasteiger partial charge in [0.15, 0.2) is 0 Å². The van der Waals surface area contributed by atoms with Crippen molar-refractivity contribution in [3.8, 4) is 0 Å². The summed E-state index contributed by atoms with van der Waals surface area (Å²) in [4.78, 5) is 13.4. The highest BCUT2D eigenvalue weighted by molar-refractivity contribution is 5.69. The van der Waals surface area contributed by atoms with Crippen LogP contribution in [0.15, 0.2) is 0 Å². The Hall–Kier alpha value is -0.770. The van der Waals surface area contributed by atoms with E-state index in [9.17, 15) is 4.79 Å². The van der Waals surface area contributed by atoms with E-state index in [-0.39, 0.29) is 12.1 Å². The highest BCUT2D eigenvalue weighted by Gasteiger charge is 2.31. The molecule has 86 valence electrons. The molecule has 15 heavy (non-hydrogen) atoms. The highest BCUT2D eigenvalue weighted by atomic mass is 16.6. The first-order valence-corrected chi connectivity index (χ1v) is 5.86. The number of hydrogen-bond donors (Lipinski definition) is 1. The molecule has 2 atom stereocenters. The molecule has 2 saturated heterocycles. The van der Waals surface area contributed by atoms with E-state index in [1.54, 1.807) is 0 Å². The maximum absolute atomic E-state index is 10.9. The molecule has 2 heterocycles. The van der Waals surface area contributed by atoms with Crippen LogP contribution in [0.25, 0.3) is 0 Å². The summed E-state index contributed by atoms with van der Waals surface area (Å²) in [6.07, 6.45) is 3.31. The van der Waals surface area contributed by atoms with Gasteiger partial charge in [-0.1, -0.05) is 0 Å². The third kappa shape index (κ3) is 2.43. The number of alkyl carbamates (subject to hydrolysis) is 1. The van der Waals surface area contributed by atoms with Crippen molar-refractivity contribution >= 4 is 6.09 Å². The zero-order valence-corrected chi connectivity index (χ0v) is 9.53. The Kier molecular flexibility index (Phi) is 3.14. The fraction of sp³-hybridized carbons (Fsp3) is 0.909. The van der Waals surface area contributed by atoms with Crippen molar-refractivity contribution in [3.63, 3.8) is 0 Å². The predicted molar refractivity (Wildman–Crippen MR) is 57.8 cm³/mol. The molecule has 2 aliphatic rings. The van der Waals surface area contributed by atoms with E-state index in [2.05, 4.69) is 24.1 Å². The molecule has 2 unspecified atom stereocenters. The number of ether oxygens (including phenoxy) is 1. The Morgan fingerprint density at radius 1 is 1.60 bits per heavy atom. The van der Waals surface area contributed by atoms with Gasteiger partial charge in [-0.25, -0.2) is 4.79 Å². The van der Waals surface area contributed by atoms with E-state index in [1.165, 1.54) is 19.4 Å². The molecule has 2 fully saturated rings. The molecule has 0 aromatic carbocycles. The van der Waals surface area contributed by atoms with Gasteiger partial charge in [0.25, 0.3) is 0 Å². The van der Waals surface area contributed by atoms with Crippen LogP contribution in [0.2, 0.25) is 0 Å². The second kappa shape index (κ2) is 4.39. The quantitative estimate of drug-likeness (QED) is 0.768. The standard InChI is InChI=1S/C11H20N2O2/c1-8(2)13-5-3-4-10(13)6-9-7-15-11(14)12-9/h8-10H,3-7H2,1-2H3,(H,12,14). The maximum Gasteiger partial charge on any atom is 0.407 e. The molecular weight excluding hydrogens is 192 g/mol. The molecule has 0 aromatic heterocycles. The van der Waals surface area contributed by atoms with Crippen LogP contribution in [0.3, 0.4) is 0 Å². The minimum absolute atomic E-state index is 0.224. The van der Waals surface area contributed by atoms with Gasteiger partial charge in [-0.2, -0.15) is 0 Å². The molecule has 0 bridgehead atoms. The fourth-order valence-electron chi connectivity index (χ4n) is 2.67.